The highest BCUT2D eigenvalue weighted by Crippen LogP contribution is 2.54. The molecule has 2 heteroatoms. The van der Waals surface area contributed by atoms with E-state index in [1.807, 2.05) is 0 Å². The Kier molecular flexibility index (Phi) is 4.57. The molecule has 2 rings (SSSR count). The Bertz CT molecular complexity index is 316. The van der Waals surface area contributed by atoms with Gasteiger partial charge in [0.15, 0.2) is 0 Å². The van der Waals surface area contributed by atoms with Crippen LogP contribution in [0.15, 0.2) is 0 Å². The molecule has 0 aromatic carbocycles. The second-order valence-electron chi connectivity index (χ2n) is 8.76. The highest BCUT2D eigenvalue weighted by Gasteiger charge is 2.52. The maximum absolute atomic E-state index is 11.3. The minimum Gasteiger partial charge on any atom is -0.389 e. The third-order valence-electron chi connectivity index (χ3n) is 6.74. The molecule has 0 aliphatic heterocycles. The van der Waals surface area contributed by atoms with Crippen molar-refractivity contribution in [2.75, 3.05) is 6.54 Å². The maximum Gasteiger partial charge on any atom is 0.0716 e. The van der Waals surface area contributed by atoms with Crippen molar-refractivity contribution in [3.8, 4) is 0 Å². The normalized spacial score (nSPS) is 37.0. The molecule has 2 fully saturated rings. The lowest BCUT2D eigenvalue weighted by molar-refractivity contribution is -0.141. The van der Waals surface area contributed by atoms with E-state index in [9.17, 15) is 5.11 Å². The molecule has 0 aromatic rings. The van der Waals surface area contributed by atoms with Crippen molar-refractivity contribution in [1.82, 2.24) is 0 Å². The quantitative estimate of drug-likeness (QED) is 0.818. The SMILES string of the molecule is CC(C)C1CCC(CN)(C2(O)CCC(C)(C)CC2)CC1. The zero-order valence-corrected chi connectivity index (χ0v) is 14.0. The van der Waals surface area contributed by atoms with E-state index >= 15 is 0 Å². The van der Waals surface area contributed by atoms with Gasteiger partial charge in [0.2, 0.25) is 0 Å². The predicted octanol–water partition coefficient (Wildman–Crippen LogP) is 4.11. The fourth-order valence-electron chi connectivity index (χ4n) is 4.59. The first-order chi connectivity index (χ1) is 9.24. The van der Waals surface area contributed by atoms with E-state index in [4.69, 9.17) is 5.73 Å². The van der Waals surface area contributed by atoms with Crippen LogP contribution in [0.25, 0.3) is 0 Å². The van der Waals surface area contributed by atoms with Crippen molar-refractivity contribution in [1.29, 1.82) is 0 Å². The summed E-state index contributed by atoms with van der Waals surface area (Å²) in [6.45, 7) is 9.99. The van der Waals surface area contributed by atoms with Crippen molar-refractivity contribution in [3.63, 3.8) is 0 Å². The van der Waals surface area contributed by atoms with Crippen LogP contribution in [0.4, 0.5) is 0 Å². The molecule has 20 heavy (non-hydrogen) atoms. The summed E-state index contributed by atoms with van der Waals surface area (Å²) in [7, 11) is 0. The van der Waals surface area contributed by atoms with Gasteiger partial charge in [-0.3, -0.25) is 0 Å². The van der Waals surface area contributed by atoms with E-state index in [0.717, 1.165) is 50.4 Å². The molecule has 0 heterocycles. The molecular formula is C18H35NO. The standard InChI is InChI=1S/C18H35NO/c1-14(2)15-5-7-17(13-19,8-6-15)18(20)11-9-16(3,4)10-12-18/h14-15,20H,5-13,19H2,1-4H3. The summed E-state index contributed by atoms with van der Waals surface area (Å²) in [5.41, 5.74) is 6.08. The Balaban J connectivity index is 2.08. The van der Waals surface area contributed by atoms with Gasteiger partial charge < -0.3 is 10.8 Å². The molecule has 0 amide bonds. The molecule has 0 aromatic heterocycles. The van der Waals surface area contributed by atoms with E-state index in [-0.39, 0.29) is 5.41 Å². The lowest BCUT2D eigenvalue weighted by atomic mass is 9.54. The van der Waals surface area contributed by atoms with Crippen LogP contribution in [0.3, 0.4) is 0 Å². The fraction of sp³-hybridized carbons (Fsp3) is 1.00. The van der Waals surface area contributed by atoms with Crippen LogP contribution in [-0.2, 0) is 0 Å². The summed E-state index contributed by atoms with van der Waals surface area (Å²) in [5.74, 6) is 1.60. The van der Waals surface area contributed by atoms with Crippen molar-refractivity contribution < 1.29 is 5.11 Å². The van der Waals surface area contributed by atoms with Crippen LogP contribution >= 0.6 is 0 Å². The largest absolute Gasteiger partial charge is 0.389 e. The lowest BCUT2D eigenvalue weighted by Gasteiger charge is -2.54. The van der Waals surface area contributed by atoms with Gasteiger partial charge >= 0.3 is 0 Å². The fourth-order valence-corrected chi connectivity index (χ4v) is 4.59. The summed E-state index contributed by atoms with van der Waals surface area (Å²) < 4.78 is 0. The molecule has 2 aliphatic carbocycles. The number of nitrogens with two attached hydrogens (primary N) is 1. The summed E-state index contributed by atoms with van der Waals surface area (Å²) in [6, 6.07) is 0. The van der Waals surface area contributed by atoms with Gasteiger partial charge in [0.1, 0.15) is 0 Å². The van der Waals surface area contributed by atoms with Crippen LogP contribution in [-0.4, -0.2) is 17.3 Å². The average molecular weight is 281 g/mol. The van der Waals surface area contributed by atoms with Crippen molar-refractivity contribution in [3.05, 3.63) is 0 Å². The maximum atomic E-state index is 11.3. The molecule has 0 atom stereocenters. The molecule has 0 unspecified atom stereocenters. The minimum atomic E-state index is -0.501. The van der Waals surface area contributed by atoms with Crippen LogP contribution < -0.4 is 5.73 Å². The lowest BCUT2D eigenvalue weighted by Crippen LogP contribution is -2.56. The van der Waals surface area contributed by atoms with Gasteiger partial charge in [-0.15, -0.1) is 0 Å². The molecule has 0 saturated heterocycles. The number of aliphatic hydroxyl groups is 1. The average Bonchev–Trinajstić information content (AvgIpc) is 2.42. The third-order valence-corrected chi connectivity index (χ3v) is 6.74. The van der Waals surface area contributed by atoms with Gasteiger partial charge in [-0.2, -0.15) is 0 Å². The number of hydrogen-bond donors (Lipinski definition) is 2. The predicted molar refractivity (Wildman–Crippen MR) is 85.5 cm³/mol. The first kappa shape index (κ1) is 16.3. The topological polar surface area (TPSA) is 46.2 Å². The smallest absolute Gasteiger partial charge is 0.0716 e. The number of hydrogen-bond acceptors (Lipinski definition) is 2. The first-order valence-electron chi connectivity index (χ1n) is 8.66. The Labute approximate surface area is 125 Å². The van der Waals surface area contributed by atoms with E-state index in [1.165, 1.54) is 12.8 Å². The second-order valence-corrected chi connectivity index (χ2v) is 8.76. The van der Waals surface area contributed by atoms with E-state index in [0.29, 0.717) is 12.0 Å². The van der Waals surface area contributed by atoms with Gasteiger partial charge in [0, 0.05) is 12.0 Å². The van der Waals surface area contributed by atoms with Crippen LogP contribution in [0.1, 0.15) is 79.1 Å². The summed E-state index contributed by atoms with van der Waals surface area (Å²) in [5, 5.41) is 11.3. The van der Waals surface area contributed by atoms with Gasteiger partial charge in [-0.05, 0) is 68.6 Å². The first-order valence-corrected chi connectivity index (χ1v) is 8.66. The Morgan fingerprint density at radius 2 is 1.50 bits per heavy atom. The highest BCUT2D eigenvalue weighted by molar-refractivity contribution is 5.05. The molecule has 0 bridgehead atoms. The summed E-state index contributed by atoms with van der Waals surface area (Å²) in [4.78, 5) is 0. The molecule has 118 valence electrons. The molecule has 2 aliphatic rings. The van der Waals surface area contributed by atoms with Crippen LogP contribution in [0, 0.1) is 22.7 Å². The molecular weight excluding hydrogens is 246 g/mol. The van der Waals surface area contributed by atoms with Crippen LogP contribution in [0.5, 0.6) is 0 Å². The molecule has 2 saturated carbocycles. The highest BCUT2D eigenvalue weighted by atomic mass is 16.3. The van der Waals surface area contributed by atoms with E-state index in [1.54, 1.807) is 0 Å². The van der Waals surface area contributed by atoms with E-state index < -0.39 is 5.60 Å². The second kappa shape index (κ2) is 5.61. The van der Waals surface area contributed by atoms with Gasteiger partial charge in [0.05, 0.1) is 5.60 Å². The Hall–Kier alpha value is -0.0800. The van der Waals surface area contributed by atoms with Gasteiger partial charge in [-0.1, -0.05) is 27.7 Å². The molecule has 0 radical (unpaired) electrons. The van der Waals surface area contributed by atoms with Gasteiger partial charge in [-0.25, -0.2) is 0 Å². The summed E-state index contributed by atoms with van der Waals surface area (Å²) >= 11 is 0. The van der Waals surface area contributed by atoms with Crippen molar-refractivity contribution in [2.45, 2.75) is 84.7 Å². The summed E-state index contributed by atoms with van der Waals surface area (Å²) in [6.07, 6.45) is 8.93. The Morgan fingerprint density at radius 1 is 1.00 bits per heavy atom. The van der Waals surface area contributed by atoms with Gasteiger partial charge in [0.25, 0.3) is 0 Å². The zero-order chi connectivity index (χ0) is 15.0. The third kappa shape index (κ3) is 2.92. The monoisotopic (exact) mass is 281 g/mol. The van der Waals surface area contributed by atoms with Crippen molar-refractivity contribution in [2.24, 2.45) is 28.4 Å². The molecule has 2 nitrogen and oxygen atoms in total. The zero-order valence-electron chi connectivity index (χ0n) is 14.0. The van der Waals surface area contributed by atoms with Crippen LogP contribution in [0.2, 0.25) is 0 Å². The molecule has 0 spiro atoms. The van der Waals surface area contributed by atoms with E-state index in [2.05, 4.69) is 27.7 Å². The Morgan fingerprint density at radius 3 is 1.90 bits per heavy atom. The molecule has 3 N–H and O–H groups in total. The van der Waals surface area contributed by atoms with Crippen molar-refractivity contribution >= 4 is 0 Å². The number of rotatable bonds is 3. The minimum absolute atomic E-state index is 0.00507.